The molecule has 134 valence electrons. The third-order valence-corrected chi connectivity index (χ3v) is 5.37. The SMILES string of the molecule is O=C(c1ccc2c(c1)OCCO2)N1CCN(C(=O)C2CCCC2)CC1. The fraction of sp³-hybridized carbons (Fsp3) is 0.579. The lowest BCUT2D eigenvalue weighted by atomic mass is 10.1. The number of carbonyl (C=O) groups is 2. The van der Waals surface area contributed by atoms with Crippen molar-refractivity contribution in [2.45, 2.75) is 25.7 Å². The number of carbonyl (C=O) groups excluding carboxylic acids is 2. The summed E-state index contributed by atoms with van der Waals surface area (Å²) in [6, 6.07) is 5.33. The van der Waals surface area contributed by atoms with Crippen molar-refractivity contribution in [2.24, 2.45) is 5.92 Å². The van der Waals surface area contributed by atoms with Crippen molar-refractivity contribution in [1.29, 1.82) is 0 Å². The topological polar surface area (TPSA) is 59.1 Å². The summed E-state index contributed by atoms with van der Waals surface area (Å²) >= 11 is 0. The lowest BCUT2D eigenvalue weighted by molar-refractivity contribution is -0.136. The molecular formula is C19H24N2O4. The maximum absolute atomic E-state index is 12.7. The number of rotatable bonds is 2. The maximum atomic E-state index is 12.7. The molecule has 0 unspecified atom stereocenters. The smallest absolute Gasteiger partial charge is 0.254 e. The van der Waals surface area contributed by atoms with Crippen LogP contribution in [0, 0.1) is 5.92 Å². The number of nitrogens with zero attached hydrogens (tertiary/aromatic N) is 2. The molecule has 4 rings (SSSR count). The number of hydrogen-bond acceptors (Lipinski definition) is 4. The Balaban J connectivity index is 1.37. The van der Waals surface area contributed by atoms with Crippen molar-refractivity contribution < 1.29 is 19.1 Å². The van der Waals surface area contributed by atoms with Gasteiger partial charge in [-0.25, -0.2) is 0 Å². The zero-order valence-electron chi connectivity index (χ0n) is 14.4. The number of hydrogen-bond donors (Lipinski definition) is 0. The molecule has 1 aromatic carbocycles. The first-order valence-corrected chi connectivity index (χ1v) is 9.20. The Morgan fingerprint density at radius 3 is 2.24 bits per heavy atom. The zero-order valence-corrected chi connectivity index (χ0v) is 14.4. The molecule has 0 N–H and O–H groups in total. The zero-order chi connectivity index (χ0) is 17.2. The van der Waals surface area contributed by atoms with Crippen LogP contribution in [0.3, 0.4) is 0 Å². The first-order chi connectivity index (χ1) is 12.2. The summed E-state index contributed by atoms with van der Waals surface area (Å²) in [4.78, 5) is 29.0. The van der Waals surface area contributed by atoms with E-state index in [1.165, 1.54) is 12.8 Å². The molecule has 6 nitrogen and oxygen atoms in total. The highest BCUT2D eigenvalue weighted by Gasteiger charge is 2.31. The van der Waals surface area contributed by atoms with E-state index in [0.29, 0.717) is 56.5 Å². The first-order valence-electron chi connectivity index (χ1n) is 9.20. The molecule has 0 spiro atoms. The molecule has 1 aromatic rings. The Morgan fingerprint density at radius 1 is 0.880 bits per heavy atom. The van der Waals surface area contributed by atoms with E-state index in [2.05, 4.69) is 0 Å². The predicted molar refractivity (Wildman–Crippen MR) is 91.9 cm³/mol. The van der Waals surface area contributed by atoms with Crippen LogP contribution in [-0.4, -0.2) is 61.0 Å². The molecule has 1 saturated heterocycles. The standard InChI is InChI=1S/C19H24N2O4/c22-18(14-3-1-2-4-14)20-7-9-21(10-8-20)19(23)15-5-6-16-17(13-15)25-12-11-24-16/h5-6,13-14H,1-4,7-12H2. The molecule has 2 fully saturated rings. The van der Waals surface area contributed by atoms with Crippen molar-refractivity contribution in [2.75, 3.05) is 39.4 Å². The van der Waals surface area contributed by atoms with E-state index in [9.17, 15) is 9.59 Å². The van der Waals surface area contributed by atoms with Crippen LogP contribution in [0.4, 0.5) is 0 Å². The summed E-state index contributed by atoms with van der Waals surface area (Å²) in [6.07, 6.45) is 4.38. The van der Waals surface area contributed by atoms with E-state index in [1.54, 1.807) is 18.2 Å². The third kappa shape index (κ3) is 3.30. The van der Waals surface area contributed by atoms with Gasteiger partial charge in [-0.1, -0.05) is 12.8 Å². The predicted octanol–water partition coefficient (Wildman–Crippen LogP) is 1.93. The fourth-order valence-corrected chi connectivity index (χ4v) is 3.92. The largest absolute Gasteiger partial charge is 0.486 e. The summed E-state index contributed by atoms with van der Waals surface area (Å²) < 4.78 is 11.1. The average molecular weight is 344 g/mol. The molecule has 25 heavy (non-hydrogen) atoms. The lowest BCUT2D eigenvalue weighted by Gasteiger charge is -2.36. The summed E-state index contributed by atoms with van der Waals surface area (Å²) in [6.45, 7) is 3.48. The third-order valence-electron chi connectivity index (χ3n) is 5.37. The Hall–Kier alpha value is -2.24. The molecule has 1 aliphatic carbocycles. The van der Waals surface area contributed by atoms with E-state index >= 15 is 0 Å². The monoisotopic (exact) mass is 344 g/mol. The van der Waals surface area contributed by atoms with Gasteiger partial charge in [-0.05, 0) is 31.0 Å². The van der Waals surface area contributed by atoms with Crippen molar-refractivity contribution in [1.82, 2.24) is 9.80 Å². The van der Waals surface area contributed by atoms with Crippen LogP contribution in [0.25, 0.3) is 0 Å². The van der Waals surface area contributed by atoms with Crippen LogP contribution in [0.2, 0.25) is 0 Å². The van der Waals surface area contributed by atoms with Gasteiger partial charge in [0.25, 0.3) is 5.91 Å². The number of benzene rings is 1. The summed E-state index contributed by atoms with van der Waals surface area (Å²) in [5.74, 6) is 1.80. The molecule has 3 aliphatic rings. The molecule has 1 saturated carbocycles. The van der Waals surface area contributed by atoms with Crippen LogP contribution in [0.1, 0.15) is 36.0 Å². The van der Waals surface area contributed by atoms with Crippen LogP contribution >= 0.6 is 0 Å². The van der Waals surface area contributed by atoms with Gasteiger partial charge in [0.1, 0.15) is 13.2 Å². The number of fused-ring (bicyclic) bond motifs is 1. The minimum atomic E-state index is -0.00932. The van der Waals surface area contributed by atoms with E-state index in [4.69, 9.17) is 9.47 Å². The highest BCUT2D eigenvalue weighted by atomic mass is 16.6. The molecule has 6 heteroatoms. The molecule has 2 aliphatic heterocycles. The van der Waals surface area contributed by atoms with Crippen molar-refractivity contribution in [3.05, 3.63) is 23.8 Å². The van der Waals surface area contributed by atoms with Gasteiger partial charge in [-0.3, -0.25) is 9.59 Å². The molecule has 2 heterocycles. The number of ether oxygens (including phenoxy) is 2. The first kappa shape index (κ1) is 16.2. The van der Waals surface area contributed by atoms with E-state index in [0.717, 1.165) is 12.8 Å². The molecular weight excluding hydrogens is 320 g/mol. The molecule has 0 atom stereocenters. The van der Waals surface area contributed by atoms with Crippen LogP contribution < -0.4 is 9.47 Å². The second kappa shape index (κ2) is 6.94. The summed E-state index contributed by atoms with van der Waals surface area (Å²) in [5, 5.41) is 0. The Kier molecular flexibility index (Phi) is 4.51. The van der Waals surface area contributed by atoms with Crippen LogP contribution in [0.5, 0.6) is 11.5 Å². The Labute approximate surface area is 147 Å². The van der Waals surface area contributed by atoms with E-state index < -0.39 is 0 Å². The van der Waals surface area contributed by atoms with Gasteiger partial charge in [0, 0.05) is 37.7 Å². The summed E-state index contributed by atoms with van der Waals surface area (Å²) in [5.41, 5.74) is 0.611. The van der Waals surface area contributed by atoms with Gasteiger partial charge < -0.3 is 19.3 Å². The molecule has 0 aromatic heterocycles. The maximum Gasteiger partial charge on any atom is 0.254 e. The second-order valence-electron chi connectivity index (χ2n) is 6.96. The van der Waals surface area contributed by atoms with Gasteiger partial charge >= 0.3 is 0 Å². The van der Waals surface area contributed by atoms with Gasteiger partial charge in [0.05, 0.1) is 0 Å². The highest BCUT2D eigenvalue weighted by molar-refractivity contribution is 5.95. The van der Waals surface area contributed by atoms with E-state index in [-0.39, 0.29) is 17.7 Å². The molecule has 0 bridgehead atoms. The van der Waals surface area contributed by atoms with Gasteiger partial charge in [0.2, 0.25) is 5.91 Å². The van der Waals surface area contributed by atoms with Crippen molar-refractivity contribution in [3.63, 3.8) is 0 Å². The highest BCUT2D eigenvalue weighted by Crippen LogP contribution is 2.31. The van der Waals surface area contributed by atoms with Gasteiger partial charge in [-0.2, -0.15) is 0 Å². The Bertz CT molecular complexity index is 661. The normalized spacial score (nSPS) is 20.6. The Morgan fingerprint density at radius 2 is 1.52 bits per heavy atom. The lowest BCUT2D eigenvalue weighted by Crippen LogP contribution is -2.51. The van der Waals surface area contributed by atoms with Crippen molar-refractivity contribution >= 4 is 11.8 Å². The van der Waals surface area contributed by atoms with Crippen molar-refractivity contribution in [3.8, 4) is 11.5 Å². The van der Waals surface area contributed by atoms with E-state index in [1.807, 2.05) is 9.80 Å². The van der Waals surface area contributed by atoms with Crippen LogP contribution in [0.15, 0.2) is 18.2 Å². The minimum absolute atomic E-state index is 0.00932. The fourth-order valence-electron chi connectivity index (χ4n) is 3.92. The van der Waals surface area contributed by atoms with Crippen LogP contribution in [-0.2, 0) is 4.79 Å². The second-order valence-corrected chi connectivity index (χ2v) is 6.96. The quantitative estimate of drug-likeness (QED) is 0.823. The molecule has 2 amide bonds. The summed E-state index contributed by atoms with van der Waals surface area (Å²) in [7, 11) is 0. The number of amides is 2. The molecule has 0 radical (unpaired) electrons. The minimum Gasteiger partial charge on any atom is -0.486 e. The van der Waals surface area contributed by atoms with Gasteiger partial charge in [-0.15, -0.1) is 0 Å². The average Bonchev–Trinajstić information content (AvgIpc) is 3.21. The number of piperazine rings is 1. The van der Waals surface area contributed by atoms with Gasteiger partial charge in [0.15, 0.2) is 11.5 Å².